The number of benzene rings is 2. The zero-order chi connectivity index (χ0) is 21.7. The van der Waals surface area contributed by atoms with Crippen LogP contribution in [0.15, 0.2) is 53.4 Å². The van der Waals surface area contributed by atoms with Gasteiger partial charge in [-0.25, -0.2) is 8.42 Å². The van der Waals surface area contributed by atoms with Crippen LogP contribution in [0, 0.1) is 5.92 Å². The smallest absolute Gasteiger partial charge is 0.243 e. The zero-order valence-corrected chi connectivity index (χ0v) is 18.3. The van der Waals surface area contributed by atoms with Crippen molar-refractivity contribution in [1.82, 2.24) is 9.62 Å². The van der Waals surface area contributed by atoms with E-state index in [1.807, 2.05) is 19.1 Å². The van der Waals surface area contributed by atoms with Crippen LogP contribution in [-0.4, -0.2) is 52.5 Å². The SMILES string of the molecule is CCCNC(=O)C1CN(S(=O)(=O)c2ccccc2)CC1c1cccc(OC)c1OC. The summed E-state index contributed by atoms with van der Waals surface area (Å²) >= 11 is 0. The molecule has 8 heteroatoms. The highest BCUT2D eigenvalue weighted by Crippen LogP contribution is 2.43. The summed E-state index contributed by atoms with van der Waals surface area (Å²) in [5.41, 5.74) is 0.763. The average molecular weight is 433 g/mol. The molecular formula is C22H28N2O5S. The predicted octanol–water partition coefficient (Wildman–Crippen LogP) is 2.63. The first-order valence-corrected chi connectivity index (χ1v) is 11.4. The molecule has 2 atom stereocenters. The van der Waals surface area contributed by atoms with Crippen molar-refractivity contribution in [3.63, 3.8) is 0 Å². The first-order valence-electron chi connectivity index (χ1n) is 9.97. The summed E-state index contributed by atoms with van der Waals surface area (Å²) < 4.78 is 38.8. The Kier molecular flexibility index (Phi) is 6.99. The van der Waals surface area contributed by atoms with Crippen molar-refractivity contribution in [2.45, 2.75) is 24.2 Å². The molecule has 1 N–H and O–H groups in total. The number of hydrogen-bond acceptors (Lipinski definition) is 5. The molecule has 0 radical (unpaired) electrons. The van der Waals surface area contributed by atoms with Crippen molar-refractivity contribution in [3.8, 4) is 11.5 Å². The highest BCUT2D eigenvalue weighted by molar-refractivity contribution is 7.89. The Morgan fingerprint density at radius 1 is 1.07 bits per heavy atom. The molecule has 0 aromatic heterocycles. The van der Waals surface area contributed by atoms with Crippen molar-refractivity contribution in [2.24, 2.45) is 5.92 Å². The van der Waals surface area contributed by atoms with Gasteiger partial charge in [0.15, 0.2) is 11.5 Å². The Balaban J connectivity index is 2.01. The Labute approximate surface area is 178 Å². The molecule has 1 aliphatic rings. The van der Waals surface area contributed by atoms with Gasteiger partial charge in [-0.2, -0.15) is 4.31 Å². The number of nitrogens with one attached hydrogen (secondary N) is 1. The van der Waals surface area contributed by atoms with Crippen LogP contribution in [0.25, 0.3) is 0 Å². The Morgan fingerprint density at radius 2 is 1.80 bits per heavy atom. The van der Waals surface area contributed by atoms with E-state index >= 15 is 0 Å². The standard InChI is InChI=1S/C22H28N2O5S/c1-4-13-23-22(25)19-15-24(30(26,27)16-9-6-5-7-10-16)14-18(19)17-11-8-12-20(28-2)21(17)29-3/h5-12,18-19H,4,13-15H2,1-3H3,(H,23,25). The Bertz CT molecular complexity index is 978. The maximum atomic E-state index is 13.2. The van der Waals surface area contributed by atoms with Crippen LogP contribution < -0.4 is 14.8 Å². The van der Waals surface area contributed by atoms with Gasteiger partial charge >= 0.3 is 0 Å². The van der Waals surface area contributed by atoms with E-state index in [0.717, 1.165) is 12.0 Å². The van der Waals surface area contributed by atoms with E-state index in [0.29, 0.717) is 18.0 Å². The lowest BCUT2D eigenvalue weighted by molar-refractivity contribution is -0.124. The van der Waals surface area contributed by atoms with E-state index in [1.54, 1.807) is 50.6 Å². The molecule has 0 aliphatic carbocycles. The van der Waals surface area contributed by atoms with E-state index < -0.39 is 15.9 Å². The minimum Gasteiger partial charge on any atom is -0.493 e. The molecule has 30 heavy (non-hydrogen) atoms. The normalized spacial score (nSPS) is 19.4. The number of sulfonamides is 1. The van der Waals surface area contributed by atoms with E-state index in [1.165, 1.54) is 4.31 Å². The molecule has 3 rings (SSSR count). The van der Waals surface area contributed by atoms with Crippen LogP contribution >= 0.6 is 0 Å². The molecule has 1 heterocycles. The van der Waals surface area contributed by atoms with Gasteiger partial charge in [0.1, 0.15) is 0 Å². The predicted molar refractivity (Wildman–Crippen MR) is 114 cm³/mol. The number of para-hydroxylation sites is 1. The highest BCUT2D eigenvalue weighted by atomic mass is 32.2. The monoisotopic (exact) mass is 432 g/mol. The minimum absolute atomic E-state index is 0.109. The molecule has 162 valence electrons. The number of carbonyl (C=O) groups is 1. The van der Waals surface area contributed by atoms with Crippen LogP contribution in [0.4, 0.5) is 0 Å². The summed E-state index contributed by atoms with van der Waals surface area (Å²) in [4.78, 5) is 13.2. The van der Waals surface area contributed by atoms with Gasteiger partial charge in [0.25, 0.3) is 0 Å². The quantitative estimate of drug-likeness (QED) is 0.693. The lowest BCUT2D eigenvalue weighted by Crippen LogP contribution is -2.36. The van der Waals surface area contributed by atoms with Crippen molar-refractivity contribution in [3.05, 3.63) is 54.1 Å². The number of nitrogens with zero attached hydrogens (tertiary/aromatic N) is 1. The molecular weight excluding hydrogens is 404 g/mol. The summed E-state index contributed by atoms with van der Waals surface area (Å²) in [6.07, 6.45) is 0.803. The molecule has 2 aromatic rings. The lowest BCUT2D eigenvalue weighted by atomic mass is 9.87. The van der Waals surface area contributed by atoms with Gasteiger partial charge in [0, 0.05) is 31.1 Å². The van der Waals surface area contributed by atoms with Gasteiger partial charge in [0.05, 0.1) is 25.0 Å². The van der Waals surface area contributed by atoms with Crippen LogP contribution in [-0.2, 0) is 14.8 Å². The maximum absolute atomic E-state index is 13.2. The molecule has 1 aliphatic heterocycles. The summed E-state index contributed by atoms with van der Waals surface area (Å²) in [5.74, 6) is 0.0308. The second-order valence-corrected chi connectivity index (χ2v) is 9.16. The first-order chi connectivity index (χ1) is 14.4. The Morgan fingerprint density at radius 3 is 2.43 bits per heavy atom. The zero-order valence-electron chi connectivity index (χ0n) is 17.5. The molecule has 2 aromatic carbocycles. The number of methoxy groups -OCH3 is 2. The first kappa shape index (κ1) is 22.1. The number of rotatable bonds is 8. The van der Waals surface area contributed by atoms with E-state index in [4.69, 9.17) is 9.47 Å². The largest absolute Gasteiger partial charge is 0.493 e. The third-order valence-electron chi connectivity index (χ3n) is 5.39. The second kappa shape index (κ2) is 9.49. The van der Waals surface area contributed by atoms with E-state index in [2.05, 4.69) is 5.32 Å². The molecule has 0 bridgehead atoms. The van der Waals surface area contributed by atoms with E-state index in [-0.39, 0.29) is 29.8 Å². The van der Waals surface area contributed by atoms with Gasteiger partial charge < -0.3 is 14.8 Å². The van der Waals surface area contributed by atoms with Crippen LogP contribution in [0.1, 0.15) is 24.8 Å². The molecule has 0 spiro atoms. The summed E-state index contributed by atoms with van der Waals surface area (Å²) in [6, 6.07) is 13.8. The fourth-order valence-electron chi connectivity index (χ4n) is 3.87. The molecule has 7 nitrogen and oxygen atoms in total. The van der Waals surface area contributed by atoms with Crippen LogP contribution in [0.3, 0.4) is 0 Å². The van der Waals surface area contributed by atoms with Gasteiger partial charge in [-0.15, -0.1) is 0 Å². The van der Waals surface area contributed by atoms with Crippen molar-refractivity contribution < 1.29 is 22.7 Å². The molecule has 1 saturated heterocycles. The third kappa shape index (κ3) is 4.29. The van der Waals surface area contributed by atoms with Crippen molar-refractivity contribution in [1.29, 1.82) is 0 Å². The number of ether oxygens (including phenoxy) is 2. The number of carbonyl (C=O) groups excluding carboxylic acids is 1. The molecule has 2 unspecified atom stereocenters. The second-order valence-electron chi connectivity index (χ2n) is 7.22. The van der Waals surface area contributed by atoms with Gasteiger partial charge in [-0.3, -0.25) is 4.79 Å². The van der Waals surface area contributed by atoms with Crippen LogP contribution in [0.5, 0.6) is 11.5 Å². The van der Waals surface area contributed by atoms with Crippen molar-refractivity contribution >= 4 is 15.9 Å². The lowest BCUT2D eigenvalue weighted by Gasteiger charge is -2.21. The highest BCUT2D eigenvalue weighted by Gasteiger charge is 2.44. The van der Waals surface area contributed by atoms with Gasteiger partial charge in [0.2, 0.25) is 15.9 Å². The molecule has 1 fully saturated rings. The average Bonchev–Trinajstić information content (AvgIpc) is 3.23. The fraction of sp³-hybridized carbons (Fsp3) is 0.409. The summed E-state index contributed by atoms with van der Waals surface area (Å²) in [5, 5.41) is 2.92. The summed E-state index contributed by atoms with van der Waals surface area (Å²) in [7, 11) is -0.628. The van der Waals surface area contributed by atoms with Gasteiger partial charge in [-0.1, -0.05) is 37.3 Å². The van der Waals surface area contributed by atoms with E-state index in [9.17, 15) is 13.2 Å². The molecule has 0 saturated carbocycles. The molecule has 1 amide bonds. The van der Waals surface area contributed by atoms with Crippen molar-refractivity contribution in [2.75, 3.05) is 33.9 Å². The van der Waals surface area contributed by atoms with Gasteiger partial charge in [-0.05, 0) is 24.6 Å². The Hall–Kier alpha value is -2.58. The number of hydrogen-bond donors (Lipinski definition) is 1. The summed E-state index contributed by atoms with van der Waals surface area (Å²) in [6.45, 7) is 2.81. The third-order valence-corrected chi connectivity index (χ3v) is 7.23. The van der Waals surface area contributed by atoms with Crippen LogP contribution in [0.2, 0.25) is 0 Å². The number of amides is 1. The minimum atomic E-state index is -3.72. The topological polar surface area (TPSA) is 84.9 Å². The fourth-order valence-corrected chi connectivity index (χ4v) is 5.38. The maximum Gasteiger partial charge on any atom is 0.243 e.